The number of nitrogens with zero attached hydrogens (tertiary/aromatic N) is 2. The van der Waals surface area contributed by atoms with E-state index in [1.165, 1.54) is 52.8 Å². The molecular formula is C25H23F2N3O4S. The van der Waals surface area contributed by atoms with Crippen molar-refractivity contribution < 1.29 is 26.8 Å². The molecule has 4 rings (SSSR count). The normalized spacial score (nSPS) is 14.7. The predicted molar refractivity (Wildman–Crippen MR) is 126 cm³/mol. The van der Waals surface area contributed by atoms with E-state index in [0.717, 1.165) is 0 Å². The molecule has 35 heavy (non-hydrogen) atoms. The molecule has 1 heterocycles. The summed E-state index contributed by atoms with van der Waals surface area (Å²) < 4.78 is 54.1. The number of carbonyl (C=O) groups is 1. The minimum absolute atomic E-state index is 0.00174. The molecule has 1 aliphatic heterocycles. The fourth-order valence-electron chi connectivity index (χ4n) is 3.75. The van der Waals surface area contributed by atoms with E-state index in [9.17, 15) is 22.0 Å². The highest BCUT2D eigenvalue weighted by Gasteiger charge is 2.29. The molecule has 1 fully saturated rings. The van der Waals surface area contributed by atoms with Crippen LogP contribution in [0.3, 0.4) is 0 Å². The molecule has 2 N–H and O–H groups in total. The third-order valence-corrected chi connectivity index (χ3v) is 7.58. The number of sulfonamides is 1. The Morgan fingerprint density at radius 3 is 1.97 bits per heavy atom. The number of amides is 1. The molecule has 0 spiro atoms. The number of primary amides is 1. The second-order valence-electron chi connectivity index (χ2n) is 8.04. The molecule has 3 aromatic rings. The number of carbonyl (C=O) groups excluding carboxylic acids is 1. The van der Waals surface area contributed by atoms with Gasteiger partial charge in [-0.05, 0) is 53.6 Å². The molecular weight excluding hydrogens is 476 g/mol. The molecule has 1 amide bonds. The van der Waals surface area contributed by atoms with Gasteiger partial charge in [-0.3, -0.25) is 4.79 Å². The molecule has 3 aromatic carbocycles. The third-order valence-electron chi connectivity index (χ3n) is 5.69. The molecule has 0 atom stereocenters. The first-order valence-corrected chi connectivity index (χ1v) is 12.3. The average Bonchev–Trinajstić information content (AvgIpc) is 2.86. The van der Waals surface area contributed by atoms with Gasteiger partial charge in [0.05, 0.1) is 10.6 Å². The van der Waals surface area contributed by atoms with Gasteiger partial charge in [0.1, 0.15) is 11.6 Å². The molecule has 0 aliphatic carbocycles. The molecule has 1 aliphatic rings. The maximum absolute atomic E-state index is 13.4. The Labute approximate surface area is 201 Å². The van der Waals surface area contributed by atoms with Gasteiger partial charge in [0.15, 0.2) is 6.10 Å². The van der Waals surface area contributed by atoms with Crippen LogP contribution in [-0.4, -0.2) is 37.4 Å². The number of nitrogens with two attached hydrogens (primary N) is 1. The van der Waals surface area contributed by atoms with Crippen molar-refractivity contribution in [3.63, 3.8) is 0 Å². The number of piperidine rings is 1. The second-order valence-corrected chi connectivity index (χ2v) is 9.98. The lowest BCUT2D eigenvalue weighted by Crippen LogP contribution is -2.38. The quantitative estimate of drug-likeness (QED) is 0.496. The smallest absolute Gasteiger partial charge is 0.248 e. The largest absolute Gasteiger partial charge is 0.383 e. The second kappa shape index (κ2) is 10.3. The van der Waals surface area contributed by atoms with Gasteiger partial charge in [-0.1, -0.05) is 35.5 Å². The third kappa shape index (κ3) is 5.72. The van der Waals surface area contributed by atoms with Gasteiger partial charge in [0.2, 0.25) is 15.9 Å². The van der Waals surface area contributed by atoms with Crippen LogP contribution in [0.25, 0.3) is 0 Å². The van der Waals surface area contributed by atoms with Crippen LogP contribution in [0.4, 0.5) is 8.78 Å². The minimum Gasteiger partial charge on any atom is -0.383 e. The predicted octanol–water partition coefficient (Wildman–Crippen LogP) is 4.01. The van der Waals surface area contributed by atoms with Crippen LogP contribution in [-0.2, 0) is 14.9 Å². The fraction of sp³-hybridized carbons (Fsp3) is 0.200. The molecule has 7 nitrogen and oxygen atoms in total. The van der Waals surface area contributed by atoms with Crippen LogP contribution in [0.15, 0.2) is 82.8 Å². The van der Waals surface area contributed by atoms with Crippen LogP contribution >= 0.6 is 0 Å². The minimum atomic E-state index is -3.81. The van der Waals surface area contributed by atoms with Gasteiger partial charge >= 0.3 is 0 Å². The molecule has 0 saturated carbocycles. The molecule has 1 saturated heterocycles. The van der Waals surface area contributed by atoms with Crippen LogP contribution in [0.5, 0.6) is 0 Å². The van der Waals surface area contributed by atoms with Gasteiger partial charge in [-0.15, -0.1) is 0 Å². The van der Waals surface area contributed by atoms with Crippen molar-refractivity contribution in [1.82, 2.24) is 4.31 Å². The lowest BCUT2D eigenvalue weighted by molar-refractivity contribution is 0.0855. The molecule has 0 bridgehead atoms. The van der Waals surface area contributed by atoms with Gasteiger partial charge < -0.3 is 10.6 Å². The molecule has 10 heteroatoms. The average molecular weight is 500 g/mol. The van der Waals surface area contributed by atoms with Crippen molar-refractivity contribution in [1.29, 1.82) is 0 Å². The Bertz CT molecular complexity index is 1290. The Morgan fingerprint density at radius 1 is 0.914 bits per heavy atom. The highest BCUT2D eigenvalue weighted by molar-refractivity contribution is 7.89. The highest BCUT2D eigenvalue weighted by atomic mass is 32.2. The fourth-order valence-corrected chi connectivity index (χ4v) is 5.24. The maximum atomic E-state index is 13.4. The zero-order valence-corrected chi connectivity index (χ0v) is 19.4. The van der Waals surface area contributed by atoms with E-state index in [-0.39, 0.29) is 23.5 Å². The Morgan fingerprint density at radius 2 is 1.46 bits per heavy atom. The number of rotatable bonds is 7. The van der Waals surface area contributed by atoms with E-state index >= 15 is 0 Å². The van der Waals surface area contributed by atoms with E-state index in [1.54, 1.807) is 24.3 Å². The molecule has 0 radical (unpaired) electrons. The van der Waals surface area contributed by atoms with Crippen LogP contribution in [0, 0.1) is 11.6 Å². The summed E-state index contributed by atoms with van der Waals surface area (Å²) in [6.45, 7) is 0.367. The van der Waals surface area contributed by atoms with E-state index in [2.05, 4.69) is 5.16 Å². The van der Waals surface area contributed by atoms with Crippen molar-refractivity contribution in [2.75, 3.05) is 13.1 Å². The first-order chi connectivity index (χ1) is 16.7. The van der Waals surface area contributed by atoms with Crippen molar-refractivity contribution in [3.8, 4) is 0 Å². The zero-order chi connectivity index (χ0) is 25.0. The molecule has 0 aromatic heterocycles. The summed E-state index contributed by atoms with van der Waals surface area (Å²) in [4.78, 5) is 17.2. The summed E-state index contributed by atoms with van der Waals surface area (Å²) in [6, 6.07) is 17.1. The summed E-state index contributed by atoms with van der Waals surface area (Å²) in [5.74, 6) is -1.50. The van der Waals surface area contributed by atoms with E-state index < -0.39 is 33.7 Å². The number of halogens is 2. The van der Waals surface area contributed by atoms with Crippen molar-refractivity contribution >= 4 is 21.6 Å². The molecule has 182 valence electrons. The van der Waals surface area contributed by atoms with Gasteiger partial charge in [0, 0.05) is 31.5 Å². The van der Waals surface area contributed by atoms with Crippen molar-refractivity contribution in [3.05, 3.63) is 101 Å². The van der Waals surface area contributed by atoms with Crippen LogP contribution in [0.2, 0.25) is 0 Å². The number of hydrogen-bond acceptors (Lipinski definition) is 5. The van der Waals surface area contributed by atoms with Gasteiger partial charge in [-0.2, -0.15) is 4.31 Å². The molecule has 0 unspecified atom stereocenters. The van der Waals surface area contributed by atoms with Crippen LogP contribution in [0.1, 0.15) is 40.4 Å². The standard InChI is InChI=1S/C25H23F2N3O4S/c26-20-8-4-17(5-9-20)24(18-6-10-21(27)11-7-18)34-29-22-12-14-30(15-13-22)35(32,33)23-3-1-2-19(16-23)25(28)31/h1-11,16,24H,12-15H2,(H2,28,31). The SMILES string of the molecule is NC(=O)c1cccc(S(=O)(=O)N2CCC(=NOC(c3ccc(F)cc3)c3ccc(F)cc3)CC2)c1. The monoisotopic (exact) mass is 499 g/mol. The van der Waals surface area contributed by atoms with Crippen molar-refractivity contribution in [2.45, 2.75) is 23.8 Å². The van der Waals surface area contributed by atoms with Gasteiger partial charge in [0.25, 0.3) is 0 Å². The first-order valence-electron chi connectivity index (χ1n) is 10.9. The maximum Gasteiger partial charge on any atom is 0.248 e. The lowest BCUT2D eigenvalue weighted by Gasteiger charge is -2.27. The van der Waals surface area contributed by atoms with E-state index in [4.69, 9.17) is 10.6 Å². The van der Waals surface area contributed by atoms with E-state index in [0.29, 0.717) is 29.7 Å². The zero-order valence-electron chi connectivity index (χ0n) is 18.6. The Kier molecular flexibility index (Phi) is 7.23. The Balaban J connectivity index is 1.48. The number of benzene rings is 3. The van der Waals surface area contributed by atoms with Crippen molar-refractivity contribution in [2.24, 2.45) is 10.9 Å². The van der Waals surface area contributed by atoms with E-state index in [1.807, 2.05) is 0 Å². The Hall–Kier alpha value is -3.63. The summed E-state index contributed by atoms with van der Waals surface area (Å²) in [6.07, 6.45) is -0.00946. The highest BCUT2D eigenvalue weighted by Crippen LogP contribution is 2.28. The summed E-state index contributed by atoms with van der Waals surface area (Å²) in [5, 5.41) is 4.25. The first kappa shape index (κ1) is 24.5. The van der Waals surface area contributed by atoms with Crippen LogP contribution < -0.4 is 5.73 Å². The topological polar surface area (TPSA) is 102 Å². The summed E-state index contributed by atoms with van der Waals surface area (Å²) in [7, 11) is -3.81. The van der Waals surface area contributed by atoms with Gasteiger partial charge in [-0.25, -0.2) is 17.2 Å². The summed E-state index contributed by atoms with van der Waals surface area (Å²) >= 11 is 0. The number of hydrogen-bond donors (Lipinski definition) is 1. The number of oxime groups is 1. The lowest BCUT2D eigenvalue weighted by atomic mass is 10.0. The summed E-state index contributed by atoms with van der Waals surface area (Å²) in [5.41, 5.74) is 7.32.